The van der Waals surface area contributed by atoms with E-state index in [-0.39, 0.29) is 18.3 Å². The molecular weight excluding hydrogens is 328 g/mol. The van der Waals surface area contributed by atoms with E-state index in [0.29, 0.717) is 24.6 Å². The SMILES string of the molecule is Cc1nc(C2(NC(=O)CCc3ccccc3N)CCCC2)no1.Cl. The second kappa shape index (κ2) is 7.66. The molecule has 0 atom stereocenters. The number of nitrogens with two attached hydrogens (primary N) is 1. The van der Waals surface area contributed by atoms with Gasteiger partial charge in [-0.2, -0.15) is 4.98 Å². The van der Waals surface area contributed by atoms with Crippen molar-refractivity contribution >= 4 is 24.0 Å². The molecule has 2 aromatic rings. The molecule has 6 nitrogen and oxygen atoms in total. The average molecular weight is 351 g/mol. The van der Waals surface area contributed by atoms with Crippen LogP contribution in [0.5, 0.6) is 0 Å². The number of aryl methyl sites for hydroxylation is 2. The second-order valence-electron chi connectivity index (χ2n) is 6.17. The highest BCUT2D eigenvalue weighted by molar-refractivity contribution is 5.85. The Kier molecular flexibility index (Phi) is 5.83. The zero-order valence-electron chi connectivity index (χ0n) is 13.7. The molecule has 1 saturated carbocycles. The first-order valence-electron chi connectivity index (χ1n) is 8.04. The minimum Gasteiger partial charge on any atom is -0.399 e. The van der Waals surface area contributed by atoms with Gasteiger partial charge in [0.25, 0.3) is 0 Å². The highest BCUT2D eigenvalue weighted by Gasteiger charge is 2.41. The lowest BCUT2D eigenvalue weighted by atomic mass is 9.96. The van der Waals surface area contributed by atoms with Crippen LogP contribution >= 0.6 is 12.4 Å². The van der Waals surface area contributed by atoms with Crippen LogP contribution in [0.4, 0.5) is 5.69 Å². The fourth-order valence-electron chi connectivity index (χ4n) is 3.22. The normalized spacial score (nSPS) is 15.7. The molecule has 1 aliphatic rings. The first-order valence-corrected chi connectivity index (χ1v) is 8.04. The van der Waals surface area contributed by atoms with Crippen molar-refractivity contribution in [2.24, 2.45) is 0 Å². The molecule has 0 radical (unpaired) electrons. The van der Waals surface area contributed by atoms with Gasteiger partial charge in [0.1, 0.15) is 5.54 Å². The summed E-state index contributed by atoms with van der Waals surface area (Å²) in [6.45, 7) is 1.76. The van der Waals surface area contributed by atoms with Crippen molar-refractivity contribution in [3.05, 3.63) is 41.5 Å². The number of hydrogen-bond donors (Lipinski definition) is 2. The Morgan fingerprint density at radius 2 is 2.04 bits per heavy atom. The maximum atomic E-state index is 12.4. The van der Waals surface area contributed by atoms with E-state index in [1.165, 1.54) is 0 Å². The van der Waals surface area contributed by atoms with Crippen molar-refractivity contribution in [3.8, 4) is 0 Å². The van der Waals surface area contributed by atoms with Crippen LogP contribution in [-0.4, -0.2) is 16.0 Å². The molecule has 1 aromatic heterocycles. The van der Waals surface area contributed by atoms with Gasteiger partial charge < -0.3 is 15.6 Å². The minimum atomic E-state index is -0.475. The summed E-state index contributed by atoms with van der Waals surface area (Å²) in [6, 6.07) is 7.64. The van der Waals surface area contributed by atoms with E-state index in [9.17, 15) is 4.79 Å². The van der Waals surface area contributed by atoms with E-state index in [4.69, 9.17) is 10.3 Å². The number of anilines is 1. The van der Waals surface area contributed by atoms with Crippen LogP contribution in [0.3, 0.4) is 0 Å². The van der Waals surface area contributed by atoms with E-state index in [1.54, 1.807) is 6.92 Å². The molecule has 130 valence electrons. The van der Waals surface area contributed by atoms with Crippen LogP contribution in [0.2, 0.25) is 0 Å². The van der Waals surface area contributed by atoms with Gasteiger partial charge in [-0.3, -0.25) is 4.79 Å². The molecule has 3 N–H and O–H groups in total. The predicted octanol–water partition coefficient (Wildman–Crippen LogP) is 2.90. The average Bonchev–Trinajstić information content (AvgIpc) is 3.16. The number of carbonyl (C=O) groups is 1. The highest BCUT2D eigenvalue weighted by atomic mass is 35.5. The summed E-state index contributed by atoms with van der Waals surface area (Å²) >= 11 is 0. The monoisotopic (exact) mass is 350 g/mol. The summed E-state index contributed by atoms with van der Waals surface area (Å²) in [5, 5.41) is 7.18. The number of hydrogen-bond acceptors (Lipinski definition) is 5. The Morgan fingerprint density at radius 3 is 2.67 bits per heavy atom. The lowest BCUT2D eigenvalue weighted by Gasteiger charge is -2.26. The highest BCUT2D eigenvalue weighted by Crippen LogP contribution is 2.37. The van der Waals surface area contributed by atoms with E-state index < -0.39 is 5.54 Å². The van der Waals surface area contributed by atoms with Gasteiger partial charge in [-0.25, -0.2) is 0 Å². The first kappa shape index (κ1) is 18.3. The Balaban J connectivity index is 0.00000208. The summed E-state index contributed by atoms with van der Waals surface area (Å²) in [6.07, 6.45) is 4.84. The molecule has 1 heterocycles. The smallest absolute Gasteiger partial charge is 0.223 e. The number of para-hydroxylation sites is 1. The Labute approximate surface area is 147 Å². The van der Waals surface area contributed by atoms with Gasteiger partial charge in [-0.15, -0.1) is 12.4 Å². The third kappa shape index (κ3) is 3.87. The van der Waals surface area contributed by atoms with Gasteiger partial charge in [0.15, 0.2) is 5.82 Å². The van der Waals surface area contributed by atoms with Crippen LogP contribution in [0.25, 0.3) is 0 Å². The van der Waals surface area contributed by atoms with Crippen molar-refractivity contribution in [2.75, 3.05) is 5.73 Å². The number of halogens is 1. The van der Waals surface area contributed by atoms with E-state index >= 15 is 0 Å². The van der Waals surface area contributed by atoms with Crippen LogP contribution in [0.15, 0.2) is 28.8 Å². The van der Waals surface area contributed by atoms with Gasteiger partial charge in [0, 0.05) is 19.0 Å². The molecule has 0 bridgehead atoms. The zero-order chi connectivity index (χ0) is 16.3. The van der Waals surface area contributed by atoms with Crippen LogP contribution < -0.4 is 11.1 Å². The number of amides is 1. The van der Waals surface area contributed by atoms with Gasteiger partial charge in [-0.05, 0) is 30.9 Å². The van der Waals surface area contributed by atoms with Gasteiger partial charge in [0.2, 0.25) is 11.8 Å². The van der Waals surface area contributed by atoms with Crippen molar-refractivity contribution < 1.29 is 9.32 Å². The third-order valence-corrected chi connectivity index (χ3v) is 4.47. The van der Waals surface area contributed by atoms with Crippen LogP contribution in [0.1, 0.15) is 49.4 Å². The van der Waals surface area contributed by atoms with E-state index in [0.717, 1.165) is 36.9 Å². The predicted molar refractivity (Wildman–Crippen MR) is 93.7 cm³/mol. The Morgan fingerprint density at radius 1 is 1.33 bits per heavy atom. The molecule has 7 heteroatoms. The number of rotatable bonds is 5. The first-order chi connectivity index (χ1) is 11.1. The molecule has 1 fully saturated rings. The lowest BCUT2D eigenvalue weighted by Crippen LogP contribution is -2.44. The molecule has 1 amide bonds. The quantitative estimate of drug-likeness (QED) is 0.808. The minimum absolute atomic E-state index is 0. The molecule has 1 aromatic carbocycles. The van der Waals surface area contributed by atoms with Crippen molar-refractivity contribution in [1.82, 2.24) is 15.5 Å². The number of aromatic nitrogens is 2. The largest absolute Gasteiger partial charge is 0.399 e. The summed E-state index contributed by atoms with van der Waals surface area (Å²) in [5.74, 6) is 1.12. The fraction of sp³-hybridized carbons (Fsp3) is 0.471. The topological polar surface area (TPSA) is 94.0 Å². The number of benzene rings is 1. The summed E-state index contributed by atoms with van der Waals surface area (Å²) in [5.41, 5.74) is 7.18. The van der Waals surface area contributed by atoms with Gasteiger partial charge in [0.05, 0.1) is 0 Å². The summed E-state index contributed by atoms with van der Waals surface area (Å²) in [4.78, 5) is 16.8. The zero-order valence-corrected chi connectivity index (χ0v) is 14.6. The Bertz CT molecular complexity index is 695. The molecule has 24 heavy (non-hydrogen) atoms. The third-order valence-electron chi connectivity index (χ3n) is 4.47. The molecule has 0 spiro atoms. The molecule has 0 unspecified atom stereocenters. The number of carbonyl (C=O) groups excluding carboxylic acids is 1. The maximum Gasteiger partial charge on any atom is 0.223 e. The lowest BCUT2D eigenvalue weighted by molar-refractivity contribution is -0.123. The fourth-order valence-corrected chi connectivity index (χ4v) is 3.22. The summed E-state index contributed by atoms with van der Waals surface area (Å²) in [7, 11) is 0. The van der Waals surface area contributed by atoms with Gasteiger partial charge >= 0.3 is 0 Å². The van der Waals surface area contributed by atoms with Crippen molar-refractivity contribution in [3.63, 3.8) is 0 Å². The Hall–Kier alpha value is -2.08. The maximum absolute atomic E-state index is 12.4. The second-order valence-corrected chi connectivity index (χ2v) is 6.17. The van der Waals surface area contributed by atoms with Crippen molar-refractivity contribution in [1.29, 1.82) is 0 Å². The molecule has 0 aliphatic heterocycles. The van der Waals surface area contributed by atoms with Crippen LogP contribution in [-0.2, 0) is 16.8 Å². The number of nitrogens with one attached hydrogen (secondary N) is 1. The number of nitrogens with zero attached hydrogens (tertiary/aromatic N) is 2. The molecule has 1 aliphatic carbocycles. The summed E-state index contributed by atoms with van der Waals surface area (Å²) < 4.78 is 5.10. The van der Waals surface area contributed by atoms with Gasteiger partial charge in [-0.1, -0.05) is 36.2 Å². The molecular formula is C17H23ClN4O2. The standard InChI is InChI=1S/C17H22N4O2.ClH/c1-12-19-16(21-23-12)17(10-4-5-11-17)20-15(22)9-8-13-6-2-3-7-14(13)18;/h2-3,6-7H,4-5,8-11,18H2,1H3,(H,20,22);1H. The van der Waals surface area contributed by atoms with E-state index in [1.807, 2.05) is 24.3 Å². The number of nitrogen functional groups attached to an aromatic ring is 1. The molecule has 0 saturated heterocycles. The van der Waals surface area contributed by atoms with Crippen LogP contribution in [0, 0.1) is 6.92 Å². The molecule has 3 rings (SSSR count). The van der Waals surface area contributed by atoms with Crippen molar-refractivity contribution in [2.45, 2.75) is 51.0 Å². The van der Waals surface area contributed by atoms with E-state index in [2.05, 4.69) is 15.5 Å².